The third-order valence-corrected chi connectivity index (χ3v) is 2.26. The molecule has 0 aliphatic carbocycles. The van der Waals surface area contributed by atoms with Crippen LogP contribution in [-0.4, -0.2) is 21.0 Å². The van der Waals surface area contributed by atoms with Crippen molar-refractivity contribution in [1.29, 1.82) is 0 Å². The van der Waals surface area contributed by atoms with Crippen LogP contribution in [0.5, 0.6) is 0 Å². The lowest BCUT2D eigenvalue weighted by atomic mass is 9.95. The maximum atomic E-state index is 10.9. The molecule has 0 aliphatic rings. The maximum absolute atomic E-state index is 10.9. The van der Waals surface area contributed by atoms with Crippen LogP contribution in [0.3, 0.4) is 0 Å². The second-order valence-electron chi connectivity index (χ2n) is 3.32. The fourth-order valence-electron chi connectivity index (χ4n) is 1.18. The van der Waals surface area contributed by atoms with E-state index in [4.69, 9.17) is 5.11 Å². The molecule has 1 aromatic rings. The largest absolute Gasteiger partial charge is 0.481 e. The molecule has 0 amide bonds. The number of carboxylic acid groups (broad SMARTS) is 1. The van der Waals surface area contributed by atoms with E-state index in [0.29, 0.717) is 5.82 Å². The quantitative estimate of drug-likeness (QED) is 0.902. The van der Waals surface area contributed by atoms with Gasteiger partial charge >= 0.3 is 5.97 Å². The van der Waals surface area contributed by atoms with Gasteiger partial charge in [0.1, 0.15) is 11.7 Å². The van der Waals surface area contributed by atoms with Gasteiger partial charge in [0.2, 0.25) is 0 Å². The lowest BCUT2D eigenvalue weighted by molar-refractivity contribution is -0.140. The van der Waals surface area contributed by atoms with Crippen LogP contribution >= 0.6 is 15.9 Å². The Kier molecular flexibility index (Phi) is 3.57. The molecule has 0 saturated carbocycles. The number of rotatable bonds is 3. The van der Waals surface area contributed by atoms with Gasteiger partial charge in [-0.25, -0.2) is 9.97 Å². The molecule has 1 rings (SSSR count). The van der Waals surface area contributed by atoms with E-state index in [2.05, 4.69) is 25.9 Å². The molecule has 0 bridgehead atoms. The Bertz CT molecular complexity index is 324. The summed E-state index contributed by atoms with van der Waals surface area (Å²) in [6.45, 7) is 3.67. The molecule has 4 nitrogen and oxygen atoms in total. The molecule has 0 fully saturated rings. The highest BCUT2D eigenvalue weighted by Gasteiger charge is 2.25. The number of halogens is 1. The Morgan fingerprint density at radius 1 is 1.43 bits per heavy atom. The van der Waals surface area contributed by atoms with Crippen molar-refractivity contribution in [1.82, 2.24) is 9.97 Å². The van der Waals surface area contributed by atoms with Crippen molar-refractivity contribution in [3.8, 4) is 0 Å². The topological polar surface area (TPSA) is 63.1 Å². The number of aromatic nitrogens is 2. The zero-order valence-corrected chi connectivity index (χ0v) is 9.52. The summed E-state index contributed by atoms with van der Waals surface area (Å²) in [4.78, 5) is 18.9. The summed E-state index contributed by atoms with van der Waals surface area (Å²) in [5.74, 6) is -1.19. The fraction of sp³-hybridized carbons (Fsp3) is 0.444. The van der Waals surface area contributed by atoms with E-state index in [0.717, 1.165) is 4.47 Å². The van der Waals surface area contributed by atoms with Crippen LogP contribution in [-0.2, 0) is 4.79 Å². The number of hydrogen-bond acceptors (Lipinski definition) is 3. The smallest absolute Gasteiger partial charge is 0.314 e. The molecule has 0 spiro atoms. The number of nitrogens with zero attached hydrogens (tertiary/aromatic N) is 2. The van der Waals surface area contributed by atoms with Crippen LogP contribution in [0.4, 0.5) is 0 Å². The Hall–Kier alpha value is -0.970. The molecule has 1 heterocycles. The average Bonchev–Trinajstić information content (AvgIpc) is 2.07. The highest BCUT2D eigenvalue weighted by Crippen LogP contribution is 2.21. The number of carbonyl (C=O) groups is 1. The molecule has 0 saturated heterocycles. The van der Waals surface area contributed by atoms with Crippen LogP contribution < -0.4 is 0 Å². The van der Waals surface area contributed by atoms with Crippen LogP contribution in [0.1, 0.15) is 25.6 Å². The van der Waals surface area contributed by atoms with E-state index in [9.17, 15) is 4.79 Å². The van der Waals surface area contributed by atoms with E-state index in [1.807, 2.05) is 13.8 Å². The van der Waals surface area contributed by atoms with Crippen LogP contribution in [0.25, 0.3) is 0 Å². The fourth-order valence-corrected chi connectivity index (χ4v) is 1.38. The van der Waals surface area contributed by atoms with Crippen LogP contribution in [0.15, 0.2) is 16.9 Å². The van der Waals surface area contributed by atoms with Gasteiger partial charge in [-0.05, 0) is 21.8 Å². The minimum atomic E-state index is -0.887. The highest BCUT2D eigenvalue weighted by molar-refractivity contribution is 9.10. The van der Waals surface area contributed by atoms with Crippen molar-refractivity contribution in [2.75, 3.05) is 0 Å². The summed E-state index contributed by atoms with van der Waals surface area (Å²) in [5.41, 5.74) is 0. The van der Waals surface area contributed by atoms with Crippen molar-refractivity contribution < 1.29 is 9.90 Å². The average molecular weight is 259 g/mol. The predicted octanol–water partition coefficient (Wildman–Crippen LogP) is 2.06. The van der Waals surface area contributed by atoms with Crippen molar-refractivity contribution in [2.24, 2.45) is 5.92 Å². The molecule has 0 aliphatic heterocycles. The van der Waals surface area contributed by atoms with E-state index < -0.39 is 11.9 Å². The Morgan fingerprint density at radius 2 is 1.93 bits per heavy atom. The number of carboxylic acids is 1. The minimum Gasteiger partial charge on any atom is -0.481 e. The summed E-state index contributed by atoms with van der Waals surface area (Å²) < 4.78 is 0.745. The van der Waals surface area contributed by atoms with Crippen LogP contribution in [0.2, 0.25) is 0 Å². The third kappa shape index (κ3) is 2.51. The Labute approximate surface area is 90.5 Å². The van der Waals surface area contributed by atoms with E-state index in [-0.39, 0.29) is 5.92 Å². The zero-order valence-electron chi connectivity index (χ0n) is 7.94. The van der Waals surface area contributed by atoms with Gasteiger partial charge in [0.05, 0.1) is 4.47 Å². The van der Waals surface area contributed by atoms with E-state index in [1.54, 1.807) is 12.4 Å². The lowest BCUT2D eigenvalue weighted by Crippen LogP contribution is -2.19. The van der Waals surface area contributed by atoms with Gasteiger partial charge in [0, 0.05) is 12.4 Å². The Morgan fingerprint density at radius 3 is 2.29 bits per heavy atom. The van der Waals surface area contributed by atoms with E-state index >= 15 is 0 Å². The maximum Gasteiger partial charge on any atom is 0.314 e. The normalized spacial score (nSPS) is 12.9. The first-order valence-corrected chi connectivity index (χ1v) is 5.02. The summed E-state index contributed by atoms with van der Waals surface area (Å²) >= 11 is 3.20. The van der Waals surface area contributed by atoms with Gasteiger partial charge in [0.15, 0.2) is 0 Å². The summed E-state index contributed by atoms with van der Waals surface area (Å²) in [6, 6.07) is 0. The molecular formula is C9H11BrN2O2. The molecule has 0 aromatic carbocycles. The first-order valence-electron chi connectivity index (χ1n) is 4.22. The summed E-state index contributed by atoms with van der Waals surface area (Å²) in [6.07, 6.45) is 3.11. The molecule has 5 heteroatoms. The van der Waals surface area contributed by atoms with Crippen molar-refractivity contribution in [3.63, 3.8) is 0 Å². The second kappa shape index (κ2) is 4.50. The van der Waals surface area contributed by atoms with Gasteiger partial charge in [-0.3, -0.25) is 4.79 Å². The van der Waals surface area contributed by atoms with Crippen molar-refractivity contribution in [2.45, 2.75) is 19.8 Å². The van der Waals surface area contributed by atoms with Gasteiger partial charge in [-0.15, -0.1) is 0 Å². The van der Waals surface area contributed by atoms with Crippen molar-refractivity contribution >= 4 is 21.9 Å². The molecule has 1 N–H and O–H groups in total. The summed E-state index contributed by atoms with van der Waals surface area (Å²) in [7, 11) is 0. The number of aliphatic carboxylic acids is 1. The van der Waals surface area contributed by atoms with E-state index in [1.165, 1.54) is 0 Å². The second-order valence-corrected chi connectivity index (χ2v) is 4.24. The van der Waals surface area contributed by atoms with Gasteiger partial charge in [-0.2, -0.15) is 0 Å². The molecule has 76 valence electrons. The minimum absolute atomic E-state index is 0.0197. The summed E-state index contributed by atoms with van der Waals surface area (Å²) in [5, 5.41) is 8.97. The number of hydrogen-bond donors (Lipinski definition) is 1. The first kappa shape index (κ1) is 11.1. The highest BCUT2D eigenvalue weighted by atomic mass is 79.9. The first-order chi connectivity index (χ1) is 6.52. The zero-order chi connectivity index (χ0) is 10.7. The predicted molar refractivity (Wildman–Crippen MR) is 54.9 cm³/mol. The van der Waals surface area contributed by atoms with Gasteiger partial charge in [-0.1, -0.05) is 13.8 Å². The monoisotopic (exact) mass is 258 g/mol. The SMILES string of the molecule is CC(C)C(C(=O)O)c1ncc(Br)cn1. The van der Waals surface area contributed by atoms with Crippen molar-refractivity contribution in [3.05, 3.63) is 22.7 Å². The van der Waals surface area contributed by atoms with Gasteiger partial charge in [0.25, 0.3) is 0 Å². The molecule has 1 unspecified atom stereocenters. The molecular weight excluding hydrogens is 248 g/mol. The lowest BCUT2D eigenvalue weighted by Gasteiger charge is -2.13. The van der Waals surface area contributed by atoms with Gasteiger partial charge < -0.3 is 5.11 Å². The standard InChI is InChI=1S/C9H11BrN2O2/c1-5(2)7(9(13)14)8-11-3-6(10)4-12-8/h3-5,7H,1-2H3,(H,13,14). The molecule has 1 atom stereocenters. The molecule has 1 aromatic heterocycles. The molecule has 14 heavy (non-hydrogen) atoms. The molecule has 0 radical (unpaired) electrons. The Balaban J connectivity index is 3.00. The van der Waals surface area contributed by atoms with Crippen LogP contribution in [0, 0.1) is 5.92 Å². The third-order valence-electron chi connectivity index (χ3n) is 1.85.